The van der Waals surface area contributed by atoms with Crippen molar-refractivity contribution in [3.63, 3.8) is 0 Å². The molecule has 1 heterocycles. The molecule has 2 amide bonds. The molecule has 1 aliphatic heterocycles. The number of hydrogen-bond acceptors (Lipinski definition) is 3. The highest BCUT2D eigenvalue weighted by atomic mass is 16.4. The van der Waals surface area contributed by atoms with Gasteiger partial charge in [-0.15, -0.1) is 0 Å². The fourth-order valence-corrected chi connectivity index (χ4v) is 2.50. The molecule has 21 heavy (non-hydrogen) atoms. The summed E-state index contributed by atoms with van der Waals surface area (Å²) < 4.78 is 0. The summed E-state index contributed by atoms with van der Waals surface area (Å²) in [5.74, 6) is 0.0584. The third kappa shape index (κ3) is 3.65. The van der Waals surface area contributed by atoms with Crippen molar-refractivity contribution in [2.24, 2.45) is 10.9 Å². The molecule has 3 N–H and O–H groups in total. The number of benzene rings is 1. The number of amides is 2. The van der Waals surface area contributed by atoms with Crippen molar-refractivity contribution < 1.29 is 10.0 Å². The van der Waals surface area contributed by atoms with Gasteiger partial charge < -0.3 is 15.8 Å². The number of nitrogens with two attached hydrogens (primary N) is 1. The predicted octanol–water partition coefficient (Wildman–Crippen LogP) is 2.21. The Morgan fingerprint density at radius 2 is 1.76 bits per heavy atom. The van der Waals surface area contributed by atoms with Gasteiger partial charge in [0.15, 0.2) is 5.84 Å². The third-order valence-electron chi connectivity index (χ3n) is 3.82. The van der Waals surface area contributed by atoms with Crippen LogP contribution in [0.2, 0.25) is 0 Å². The van der Waals surface area contributed by atoms with E-state index < -0.39 is 0 Å². The summed E-state index contributed by atoms with van der Waals surface area (Å²) in [6.07, 6.45) is 4.54. The lowest BCUT2D eigenvalue weighted by atomic mass is 10.2. The summed E-state index contributed by atoms with van der Waals surface area (Å²) in [5, 5.41) is 11.6. The van der Waals surface area contributed by atoms with Gasteiger partial charge in [-0.1, -0.05) is 18.0 Å². The first kappa shape index (κ1) is 15.2. The van der Waals surface area contributed by atoms with Crippen LogP contribution < -0.4 is 10.6 Å². The number of oxime groups is 1. The molecular weight excluding hydrogens is 268 g/mol. The lowest BCUT2D eigenvalue weighted by Gasteiger charge is -2.27. The molecule has 114 valence electrons. The summed E-state index contributed by atoms with van der Waals surface area (Å²) in [4.78, 5) is 16.0. The van der Waals surface area contributed by atoms with E-state index in [2.05, 4.69) is 5.16 Å². The van der Waals surface area contributed by atoms with Gasteiger partial charge in [0.25, 0.3) is 0 Å². The summed E-state index contributed by atoms with van der Waals surface area (Å²) in [5.41, 5.74) is 6.94. The molecule has 1 aromatic carbocycles. The van der Waals surface area contributed by atoms with E-state index in [-0.39, 0.29) is 11.9 Å². The van der Waals surface area contributed by atoms with E-state index in [9.17, 15) is 4.79 Å². The minimum absolute atomic E-state index is 0.0217. The normalized spacial score (nSPS) is 16.4. The van der Waals surface area contributed by atoms with E-state index in [0.29, 0.717) is 5.56 Å². The maximum Gasteiger partial charge on any atom is 0.324 e. The van der Waals surface area contributed by atoms with Gasteiger partial charge in [0.2, 0.25) is 0 Å². The van der Waals surface area contributed by atoms with E-state index in [4.69, 9.17) is 10.9 Å². The SMILES string of the molecule is CN(C(=O)N1CCCCCC1)c1ccc(C(N)=NO)cc1. The summed E-state index contributed by atoms with van der Waals surface area (Å²) in [7, 11) is 1.77. The first-order valence-electron chi connectivity index (χ1n) is 7.24. The number of likely N-dealkylation sites (tertiary alicyclic amines) is 1. The number of amidine groups is 1. The molecule has 0 aliphatic carbocycles. The Morgan fingerprint density at radius 3 is 2.29 bits per heavy atom. The van der Waals surface area contributed by atoms with Gasteiger partial charge >= 0.3 is 6.03 Å². The van der Waals surface area contributed by atoms with Crippen LogP contribution in [0.1, 0.15) is 31.2 Å². The highest BCUT2D eigenvalue weighted by Gasteiger charge is 2.20. The molecule has 0 saturated carbocycles. The molecule has 0 unspecified atom stereocenters. The van der Waals surface area contributed by atoms with E-state index in [0.717, 1.165) is 31.6 Å². The Hall–Kier alpha value is -2.24. The maximum absolute atomic E-state index is 12.5. The molecule has 0 atom stereocenters. The molecule has 0 spiro atoms. The summed E-state index contributed by atoms with van der Waals surface area (Å²) >= 11 is 0. The standard InChI is InChI=1S/C15H22N4O2/c1-18(15(20)19-10-4-2-3-5-11-19)13-8-6-12(7-9-13)14(16)17-21/h6-9,21H,2-5,10-11H2,1H3,(H2,16,17). The van der Waals surface area contributed by atoms with Crippen molar-refractivity contribution in [2.75, 3.05) is 25.0 Å². The average Bonchev–Trinajstić information content (AvgIpc) is 2.82. The lowest BCUT2D eigenvalue weighted by molar-refractivity contribution is 0.208. The van der Waals surface area contributed by atoms with Gasteiger partial charge in [-0.2, -0.15) is 0 Å². The number of hydrogen-bond donors (Lipinski definition) is 2. The van der Waals surface area contributed by atoms with Gasteiger partial charge in [-0.3, -0.25) is 4.90 Å². The van der Waals surface area contributed by atoms with Crippen LogP contribution in [-0.2, 0) is 0 Å². The van der Waals surface area contributed by atoms with Crippen LogP contribution in [-0.4, -0.2) is 42.1 Å². The Bertz CT molecular complexity index is 505. The third-order valence-corrected chi connectivity index (χ3v) is 3.82. The Labute approximate surface area is 124 Å². The molecular formula is C15H22N4O2. The fourth-order valence-electron chi connectivity index (χ4n) is 2.50. The number of nitrogens with zero attached hydrogens (tertiary/aromatic N) is 3. The van der Waals surface area contributed by atoms with Crippen LogP contribution in [0, 0.1) is 0 Å². The van der Waals surface area contributed by atoms with Gasteiger partial charge in [-0.25, -0.2) is 4.79 Å². The average molecular weight is 290 g/mol. The second-order valence-corrected chi connectivity index (χ2v) is 5.27. The zero-order valence-corrected chi connectivity index (χ0v) is 12.3. The van der Waals surface area contributed by atoms with Crippen LogP contribution in [0.3, 0.4) is 0 Å². The zero-order chi connectivity index (χ0) is 15.2. The number of carbonyl (C=O) groups is 1. The topological polar surface area (TPSA) is 82.2 Å². The van der Waals surface area contributed by atoms with E-state index in [1.165, 1.54) is 12.8 Å². The Kier molecular flexibility index (Phi) is 5.03. The quantitative estimate of drug-likeness (QED) is 0.379. The summed E-state index contributed by atoms with van der Waals surface area (Å²) in [6.45, 7) is 1.65. The van der Waals surface area contributed by atoms with E-state index in [1.807, 2.05) is 4.90 Å². The molecule has 1 aromatic rings. The maximum atomic E-state index is 12.5. The zero-order valence-electron chi connectivity index (χ0n) is 12.3. The Morgan fingerprint density at radius 1 is 1.19 bits per heavy atom. The second-order valence-electron chi connectivity index (χ2n) is 5.27. The first-order valence-corrected chi connectivity index (χ1v) is 7.24. The van der Waals surface area contributed by atoms with E-state index >= 15 is 0 Å². The molecule has 6 nitrogen and oxygen atoms in total. The van der Waals surface area contributed by atoms with Crippen molar-refractivity contribution in [1.82, 2.24) is 4.90 Å². The number of urea groups is 1. The molecule has 2 rings (SSSR count). The number of anilines is 1. The van der Waals surface area contributed by atoms with Crippen LogP contribution in [0.5, 0.6) is 0 Å². The van der Waals surface area contributed by atoms with Crippen molar-refractivity contribution in [1.29, 1.82) is 0 Å². The number of rotatable bonds is 2. The lowest BCUT2D eigenvalue weighted by Crippen LogP contribution is -2.41. The molecule has 0 radical (unpaired) electrons. The van der Waals surface area contributed by atoms with Crippen molar-refractivity contribution in [2.45, 2.75) is 25.7 Å². The highest BCUT2D eigenvalue weighted by molar-refractivity contribution is 5.98. The van der Waals surface area contributed by atoms with Crippen LogP contribution in [0.25, 0.3) is 0 Å². The molecule has 1 fully saturated rings. The minimum atomic E-state index is 0.0217. The van der Waals surface area contributed by atoms with Gasteiger partial charge in [0, 0.05) is 31.4 Å². The Balaban J connectivity index is 2.07. The fraction of sp³-hybridized carbons (Fsp3) is 0.467. The van der Waals surface area contributed by atoms with Crippen LogP contribution in [0.4, 0.5) is 10.5 Å². The van der Waals surface area contributed by atoms with Crippen molar-refractivity contribution in [3.8, 4) is 0 Å². The molecule has 6 heteroatoms. The largest absolute Gasteiger partial charge is 0.409 e. The molecule has 1 saturated heterocycles. The van der Waals surface area contributed by atoms with Crippen molar-refractivity contribution in [3.05, 3.63) is 29.8 Å². The smallest absolute Gasteiger partial charge is 0.324 e. The minimum Gasteiger partial charge on any atom is -0.409 e. The van der Waals surface area contributed by atoms with Gasteiger partial charge in [0.1, 0.15) is 0 Å². The van der Waals surface area contributed by atoms with Gasteiger partial charge in [0.05, 0.1) is 0 Å². The first-order chi connectivity index (χ1) is 10.1. The highest BCUT2D eigenvalue weighted by Crippen LogP contribution is 2.18. The van der Waals surface area contributed by atoms with Crippen molar-refractivity contribution >= 4 is 17.6 Å². The molecule has 1 aliphatic rings. The van der Waals surface area contributed by atoms with Gasteiger partial charge in [-0.05, 0) is 37.1 Å². The second kappa shape index (κ2) is 6.97. The van der Waals surface area contributed by atoms with Crippen LogP contribution >= 0.6 is 0 Å². The number of carbonyl (C=O) groups excluding carboxylic acids is 1. The molecule has 0 bridgehead atoms. The van der Waals surface area contributed by atoms with E-state index in [1.54, 1.807) is 36.2 Å². The predicted molar refractivity (Wildman–Crippen MR) is 82.8 cm³/mol. The van der Waals surface area contributed by atoms with Crippen LogP contribution in [0.15, 0.2) is 29.4 Å². The monoisotopic (exact) mass is 290 g/mol. The summed E-state index contributed by atoms with van der Waals surface area (Å²) in [6, 6.07) is 7.08. The molecule has 0 aromatic heterocycles.